The number of ether oxygens (including phenoxy) is 3. The molecule has 0 radical (unpaired) electrons. The first-order valence-corrected chi connectivity index (χ1v) is 8.08. The quantitative estimate of drug-likeness (QED) is 0.873. The number of anilines is 1. The summed E-state index contributed by atoms with van der Waals surface area (Å²) in [7, 11) is 3.78. The zero-order chi connectivity index (χ0) is 19.3. The number of nitriles is 1. The predicted octanol–water partition coefficient (Wildman–Crippen LogP) is 3.29. The summed E-state index contributed by atoms with van der Waals surface area (Å²) >= 11 is 0. The van der Waals surface area contributed by atoms with Gasteiger partial charge in [-0.1, -0.05) is 12.1 Å². The zero-order valence-corrected chi connectivity index (χ0v) is 14.5. The molecule has 4 rings (SSSR count). The van der Waals surface area contributed by atoms with Gasteiger partial charge in [0, 0.05) is 31.4 Å². The highest BCUT2D eigenvalue weighted by molar-refractivity contribution is 5.62. The summed E-state index contributed by atoms with van der Waals surface area (Å²) in [6.07, 6.45) is -3.71. The van der Waals surface area contributed by atoms with Crippen molar-refractivity contribution in [3.8, 4) is 23.3 Å². The Kier molecular flexibility index (Phi) is 3.63. The largest absolute Gasteiger partial charge is 0.586 e. The smallest absolute Gasteiger partial charge is 0.440 e. The first-order chi connectivity index (χ1) is 12.8. The fourth-order valence-corrected chi connectivity index (χ4v) is 3.21. The van der Waals surface area contributed by atoms with Crippen LogP contribution in [-0.4, -0.2) is 20.4 Å². The average molecular weight is 371 g/mol. The second-order valence-corrected chi connectivity index (χ2v) is 6.42. The van der Waals surface area contributed by atoms with Gasteiger partial charge in [-0.15, -0.1) is 8.78 Å². The number of nitrogens with two attached hydrogens (primary N) is 1. The maximum absolute atomic E-state index is 13.3. The minimum absolute atomic E-state index is 0.0195. The van der Waals surface area contributed by atoms with E-state index in [0.717, 1.165) is 5.69 Å². The molecule has 138 valence electrons. The summed E-state index contributed by atoms with van der Waals surface area (Å²) in [4.78, 5) is 1.90. The van der Waals surface area contributed by atoms with Crippen molar-refractivity contribution in [2.45, 2.75) is 12.2 Å². The monoisotopic (exact) mass is 371 g/mol. The number of alkyl halides is 2. The minimum Gasteiger partial charge on any atom is -0.440 e. The summed E-state index contributed by atoms with van der Waals surface area (Å²) in [5, 5.41) is 9.59. The number of hydrogen-bond donors (Lipinski definition) is 1. The van der Waals surface area contributed by atoms with Crippen LogP contribution in [0.25, 0.3) is 0 Å². The van der Waals surface area contributed by atoms with E-state index in [1.54, 1.807) is 6.07 Å². The molecule has 2 heterocycles. The number of rotatable bonds is 2. The molecule has 0 amide bonds. The van der Waals surface area contributed by atoms with Crippen molar-refractivity contribution in [3.63, 3.8) is 0 Å². The second kappa shape index (κ2) is 5.77. The normalized spacial score (nSPS) is 19.1. The molecule has 0 fully saturated rings. The summed E-state index contributed by atoms with van der Waals surface area (Å²) in [6, 6.07) is 12.0. The van der Waals surface area contributed by atoms with Crippen LogP contribution in [-0.2, 0) is 0 Å². The topological polar surface area (TPSA) is 80.7 Å². The van der Waals surface area contributed by atoms with E-state index in [1.807, 2.05) is 37.2 Å². The number of halogens is 2. The van der Waals surface area contributed by atoms with E-state index >= 15 is 0 Å². The Morgan fingerprint density at radius 3 is 2.52 bits per heavy atom. The Morgan fingerprint density at radius 1 is 1.07 bits per heavy atom. The van der Waals surface area contributed by atoms with Gasteiger partial charge in [0.15, 0.2) is 11.5 Å². The van der Waals surface area contributed by atoms with Crippen molar-refractivity contribution in [2.75, 3.05) is 19.0 Å². The van der Waals surface area contributed by atoms with Crippen molar-refractivity contribution in [2.24, 2.45) is 5.73 Å². The molecule has 1 atom stereocenters. The first-order valence-electron chi connectivity index (χ1n) is 8.08. The van der Waals surface area contributed by atoms with E-state index in [1.165, 1.54) is 12.1 Å². The molecule has 0 spiro atoms. The van der Waals surface area contributed by atoms with Crippen molar-refractivity contribution in [1.29, 1.82) is 5.26 Å². The van der Waals surface area contributed by atoms with E-state index in [9.17, 15) is 14.0 Å². The molecule has 2 aliphatic rings. The zero-order valence-electron chi connectivity index (χ0n) is 14.5. The van der Waals surface area contributed by atoms with Gasteiger partial charge in [0.05, 0.1) is 5.92 Å². The van der Waals surface area contributed by atoms with Crippen LogP contribution in [0.1, 0.15) is 17.0 Å². The molecule has 2 aromatic rings. The van der Waals surface area contributed by atoms with Crippen LogP contribution < -0.4 is 24.8 Å². The molecule has 2 N–H and O–H groups in total. The third-order valence-electron chi connectivity index (χ3n) is 4.48. The van der Waals surface area contributed by atoms with Crippen LogP contribution in [0, 0.1) is 11.3 Å². The van der Waals surface area contributed by atoms with E-state index in [0.29, 0.717) is 16.9 Å². The summed E-state index contributed by atoms with van der Waals surface area (Å²) in [5.74, 6) is -0.238. The lowest BCUT2D eigenvalue weighted by molar-refractivity contribution is -0.286. The maximum atomic E-state index is 13.3. The van der Waals surface area contributed by atoms with Crippen molar-refractivity contribution >= 4 is 5.69 Å². The van der Waals surface area contributed by atoms with Crippen LogP contribution in [0.15, 0.2) is 47.9 Å². The van der Waals surface area contributed by atoms with E-state index < -0.39 is 12.2 Å². The van der Waals surface area contributed by atoms with E-state index in [4.69, 9.17) is 10.5 Å². The summed E-state index contributed by atoms with van der Waals surface area (Å²) in [5.41, 5.74) is 8.33. The van der Waals surface area contributed by atoms with Crippen LogP contribution in [0.3, 0.4) is 0 Å². The molecular weight excluding hydrogens is 356 g/mol. The lowest BCUT2D eigenvalue weighted by atomic mass is 9.83. The minimum atomic E-state index is -3.71. The Labute approximate surface area is 154 Å². The molecule has 1 unspecified atom stereocenters. The van der Waals surface area contributed by atoms with E-state index in [-0.39, 0.29) is 23.0 Å². The molecule has 0 aliphatic carbocycles. The molecule has 8 heteroatoms. The summed E-state index contributed by atoms with van der Waals surface area (Å²) in [6.45, 7) is 0. The summed E-state index contributed by atoms with van der Waals surface area (Å²) < 4.78 is 41.3. The first kappa shape index (κ1) is 17.0. The van der Waals surface area contributed by atoms with Gasteiger partial charge in [-0.2, -0.15) is 5.26 Å². The lowest BCUT2D eigenvalue weighted by Gasteiger charge is -2.27. The Bertz CT molecular complexity index is 1010. The Hall–Kier alpha value is -3.47. The van der Waals surface area contributed by atoms with Gasteiger partial charge in [-0.25, -0.2) is 0 Å². The van der Waals surface area contributed by atoms with Gasteiger partial charge in [0.2, 0.25) is 5.88 Å². The van der Waals surface area contributed by atoms with Crippen LogP contribution in [0.5, 0.6) is 17.2 Å². The Balaban J connectivity index is 1.84. The van der Waals surface area contributed by atoms with Gasteiger partial charge in [-0.3, -0.25) is 0 Å². The highest BCUT2D eigenvalue weighted by Gasteiger charge is 2.44. The van der Waals surface area contributed by atoms with Gasteiger partial charge in [-0.05, 0) is 23.8 Å². The molecule has 6 nitrogen and oxygen atoms in total. The molecule has 0 saturated carbocycles. The van der Waals surface area contributed by atoms with Crippen LogP contribution >= 0.6 is 0 Å². The van der Waals surface area contributed by atoms with Crippen LogP contribution in [0.4, 0.5) is 14.5 Å². The average Bonchev–Trinajstić information content (AvgIpc) is 2.92. The molecule has 27 heavy (non-hydrogen) atoms. The molecule has 0 bridgehead atoms. The molecule has 2 aliphatic heterocycles. The fourth-order valence-electron chi connectivity index (χ4n) is 3.21. The van der Waals surface area contributed by atoms with E-state index in [2.05, 4.69) is 15.5 Å². The van der Waals surface area contributed by atoms with Gasteiger partial charge >= 0.3 is 6.29 Å². The van der Waals surface area contributed by atoms with Crippen LogP contribution in [0.2, 0.25) is 0 Å². The number of hydrogen-bond acceptors (Lipinski definition) is 6. The predicted molar refractivity (Wildman–Crippen MR) is 92.7 cm³/mol. The standard InChI is InChI=1S/C19H15F2N3O3/c1-24(2)11-4-5-12-15(8-11)25-18(23)13(9-22)17(12)10-3-6-14-16(7-10)27-19(20,21)26-14/h3-8,17H,23H2,1-2H3. The second-order valence-electron chi connectivity index (χ2n) is 6.42. The number of benzene rings is 2. The molecule has 0 aromatic heterocycles. The Morgan fingerprint density at radius 2 is 1.81 bits per heavy atom. The number of nitrogens with zero attached hydrogens (tertiary/aromatic N) is 2. The van der Waals surface area contributed by atoms with Gasteiger partial charge in [0.25, 0.3) is 0 Å². The van der Waals surface area contributed by atoms with Gasteiger partial charge < -0.3 is 24.8 Å². The molecular formula is C19H15F2N3O3. The maximum Gasteiger partial charge on any atom is 0.586 e. The van der Waals surface area contributed by atoms with Crippen molar-refractivity contribution in [1.82, 2.24) is 0 Å². The van der Waals surface area contributed by atoms with Crippen molar-refractivity contribution in [3.05, 3.63) is 59.0 Å². The highest BCUT2D eigenvalue weighted by Crippen LogP contribution is 2.47. The highest BCUT2D eigenvalue weighted by atomic mass is 19.3. The van der Waals surface area contributed by atoms with Crippen molar-refractivity contribution < 1.29 is 23.0 Å². The number of allylic oxidation sites excluding steroid dienone is 1. The third kappa shape index (κ3) is 2.77. The number of fused-ring (bicyclic) bond motifs is 2. The SMILES string of the molecule is CN(C)c1ccc2c(c1)OC(N)=C(C#N)C2c1ccc2c(c1)OC(F)(F)O2. The van der Waals surface area contributed by atoms with Gasteiger partial charge in [0.1, 0.15) is 17.4 Å². The molecule has 0 saturated heterocycles. The molecule has 2 aromatic carbocycles. The lowest BCUT2D eigenvalue weighted by Crippen LogP contribution is -2.26. The third-order valence-corrected chi connectivity index (χ3v) is 4.48. The fraction of sp³-hybridized carbons (Fsp3) is 0.211.